The maximum atomic E-state index is 13.6. The largest absolute Gasteiger partial charge is 0.295 e. The van der Waals surface area contributed by atoms with Crippen LogP contribution in [0.15, 0.2) is 91.0 Å². The number of hydrogen-bond donors (Lipinski definition) is 0. The molecule has 1 unspecified atom stereocenters. The first kappa shape index (κ1) is 21.5. The number of unbranched alkanes of at least 4 members (excludes halogenated alkanes) is 1. The number of rotatable bonds is 10. The molecule has 3 aromatic carbocycles. The number of hydrogen-bond acceptors (Lipinski definition) is 1. The van der Waals surface area contributed by atoms with Gasteiger partial charge in [0.25, 0.3) is 0 Å². The number of Topliss-reactive ketones (excluding diaryl/α,β-unsaturated/α-hetero) is 1. The van der Waals surface area contributed by atoms with Crippen molar-refractivity contribution in [1.82, 2.24) is 0 Å². The van der Waals surface area contributed by atoms with E-state index in [0.717, 1.165) is 25.7 Å². The average Bonchev–Trinajstić information content (AvgIpc) is 2.80. The lowest BCUT2D eigenvalue weighted by molar-refractivity contribution is -0.120. The van der Waals surface area contributed by atoms with E-state index in [1.165, 1.54) is 15.9 Å². The van der Waals surface area contributed by atoms with E-state index < -0.39 is 7.26 Å². The molecule has 0 N–H and O–H groups in total. The third-order valence-electron chi connectivity index (χ3n) is 5.84. The Morgan fingerprint density at radius 2 is 1.14 bits per heavy atom. The van der Waals surface area contributed by atoms with E-state index in [1.54, 1.807) is 0 Å². The van der Waals surface area contributed by atoms with Gasteiger partial charge in [-0.3, -0.25) is 4.79 Å². The van der Waals surface area contributed by atoms with Crippen molar-refractivity contribution < 1.29 is 4.79 Å². The first-order valence-corrected chi connectivity index (χ1v) is 12.8. The van der Waals surface area contributed by atoms with Crippen LogP contribution in [0.25, 0.3) is 0 Å². The minimum atomic E-state index is -2.06. The Balaban J connectivity index is 2.16. The van der Waals surface area contributed by atoms with Gasteiger partial charge >= 0.3 is 0 Å². The third kappa shape index (κ3) is 4.85. The van der Waals surface area contributed by atoms with Crippen molar-refractivity contribution in [2.24, 2.45) is 5.92 Å². The molecule has 1 atom stereocenters. The number of ketones is 1. The fraction of sp³-hybridized carbons (Fsp3) is 0.296. The van der Waals surface area contributed by atoms with Crippen LogP contribution >= 0.6 is 7.26 Å². The molecule has 0 aliphatic rings. The highest BCUT2D eigenvalue weighted by Gasteiger charge is 2.47. The second-order valence-electron chi connectivity index (χ2n) is 7.69. The molecule has 150 valence electrons. The second-order valence-corrected chi connectivity index (χ2v) is 11.2. The lowest BCUT2D eigenvalue weighted by Gasteiger charge is -2.28. The zero-order valence-electron chi connectivity index (χ0n) is 17.6. The molecule has 0 aliphatic carbocycles. The highest BCUT2D eigenvalue weighted by molar-refractivity contribution is 7.96. The fourth-order valence-electron chi connectivity index (χ4n) is 4.17. The van der Waals surface area contributed by atoms with Gasteiger partial charge in [-0.15, -0.1) is 0 Å². The normalized spacial score (nSPS) is 12.5. The molecule has 1 nitrogen and oxygen atoms in total. The molecular weight excluding hydrogens is 371 g/mol. The Hall–Kier alpha value is -2.24. The fourth-order valence-corrected chi connectivity index (χ4v) is 8.39. The highest BCUT2D eigenvalue weighted by Crippen LogP contribution is 2.55. The smallest absolute Gasteiger partial charge is 0.174 e. The molecule has 0 heterocycles. The zero-order chi connectivity index (χ0) is 20.5. The van der Waals surface area contributed by atoms with Crippen LogP contribution in [-0.4, -0.2) is 11.9 Å². The molecule has 0 aliphatic heterocycles. The van der Waals surface area contributed by atoms with Gasteiger partial charge in [0, 0.05) is 5.92 Å². The Morgan fingerprint density at radius 1 is 0.724 bits per heavy atom. The van der Waals surface area contributed by atoms with Crippen LogP contribution in [0.5, 0.6) is 0 Å². The van der Waals surface area contributed by atoms with Crippen LogP contribution in [0.2, 0.25) is 0 Å². The van der Waals surface area contributed by atoms with Gasteiger partial charge in [-0.2, -0.15) is 0 Å². The summed E-state index contributed by atoms with van der Waals surface area (Å²) in [5, 5.41) is 3.86. The van der Waals surface area contributed by atoms with Gasteiger partial charge in [0.2, 0.25) is 0 Å². The SMILES string of the molecule is CCCCC(CC)C(=O)C[P+](c1ccccc1)(c1ccccc1)c1ccccc1. The molecule has 3 aromatic rings. The van der Waals surface area contributed by atoms with E-state index in [-0.39, 0.29) is 5.92 Å². The molecule has 29 heavy (non-hydrogen) atoms. The molecule has 0 amide bonds. The molecule has 0 fully saturated rings. The molecule has 0 bridgehead atoms. The number of carbonyl (C=O) groups excluding carboxylic acids is 1. The quantitative estimate of drug-likeness (QED) is 0.393. The summed E-state index contributed by atoms with van der Waals surface area (Å²) in [5.74, 6) is 0.580. The van der Waals surface area contributed by atoms with Crippen LogP contribution in [0.1, 0.15) is 39.5 Å². The van der Waals surface area contributed by atoms with E-state index >= 15 is 0 Å². The van der Waals surface area contributed by atoms with Gasteiger partial charge in [0.1, 0.15) is 29.3 Å². The monoisotopic (exact) mass is 403 g/mol. The van der Waals surface area contributed by atoms with Crippen molar-refractivity contribution in [2.75, 3.05) is 6.16 Å². The summed E-state index contributed by atoms with van der Waals surface area (Å²) in [4.78, 5) is 13.6. The van der Waals surface area contributed by atoms with E-state index in [0.29, 0.717) is 11.9 Å². The standard InChI is InChI=1S/C27H32OP/c1-3-5-15-23(4-2)27(28)22-29(24-16-9-6-10-17-24,25-18-11-7-12-19-25)26-20-13-8-14-21-26/h6-14,16-21,23H,3-5,15,22H2,1-2H3/q+1. The minimum Gasteiger partial charge on any atom is -0.295 e. The molecule has 0 saturated carbocycles. The van der Waals surface area contributed by atoms with Crippen molar-refractivity contribution in [3.05, 3.63) is 91.0 Å². The van der Waals surface area contributed by atoms with Crippen molar-refractivity contribution in [1.29, 1.82) is 0 Å². The molecule has 0 saturated heterocycles. The summed E-state index contributed by atoms with van der Waals surface area (Å²) in [6, 6.07) is 32.1. The van der Waals surface area contributed by atoms with E-state index in [2.05, 4.69) is 105 Å². The molecule has 2 heteroatoms. The summed E-state index contributed by atoms with van der Waals surface area (Å²) in [7, 11) is -2.06. The summed E-state index contributed by atoms with van der Waals surface area (Å²) >= 11 is 0. The minimum absolute atomic E-state index is 0.158. The second kappa shape index (κ2) is 10.5. The van der Waals surface area contributed by atoms with Crippen LogP contribution < -0.4 is 15.9 Å². The van der Waals surface area contributed by atoms with Gasteiger partial charge in [-0.05, 0) is 49.2 Å². The Labute approximate surface area is 176 Å². The highest BCUT2D eigenvalue weighted by atomic mass is 31.2. The third-order valence-corrected chi connectivity index (χ3v) is 10.2. The predicted octanol–water partition coefficient (Wildman–Crippen LogP) is 5.77. The lowest BCUT2D eigenvalue weighted by Crippen LogP contribution is -2.37. The summed E-state index contributed by atoms with van der Waals surface area (Å²) in [5.41, 5.74) is 0. The first-order valence-electron chi connectivity index (χ1n) is 10.8. The Bertz CT molecular complexity index is 778. The van der Waals surface area contributed by atoms with Gasteiger partial charge in [0.15, 0.2) is 5.78 Å². The molecular formula is C27H32OP+. The Morgan fingerprint density at radius 3 is 1.48 bits per heavy atom. The number of benzene rings is 3. The summed E-state index contributed by atoms with van der Waals surface area (Å²) in [6.45, 7) is 4.36. The van der Waals surface area contributed by atoms with Gasteiger partial charge in [-0.25, -0.2) is 0 Å². The van der Waals surface area contributed by atoms with Crippen molar-refractivity contribution in [3.63, 3.8) is 0 Å². The van der Waals surface area contributed by atoms with Crippen molar-refractivity contribution in [2.45, 2.75) is 39.5 Å². The van der Waals surface area contributed by atoms with Gasteiger partial charge < -0.3 is 0 Å². The molecule has 0 aromatic heterocycles. The van der Waals surface area contributed by atoms with E-state index in [9.17, 15) is 4.79 Å². The van der Waals surface area contributed by atoms with Crippen LogP contribution in [-0.2, 0) is 4.79 Å². The summed E-state index contributed by atoms with van der Waals surface area (Å²) in [6.07, 6.45) is 4.80. The van der Waals surface area contributed by atoms with Gasteiger partial charge in [-0.1, -0.05) is 81.3 Å². The van der Waals surface area contributed by atoms with Crippen LogP contribution in [0.4, 0.5) is 0 Å². The topological polar surface area (TPSA) is 17.1 Å². The van der Waals surface area contributed by atoms with E-state index in [1.807, 2.05) is 0 Å². The maximum Gasteiger partial charge on any atom is 0.174 e. The molecule has 0 radical (unpaired) electrons. The molecule has 3 rings (SSSR count). The molecule has 0 spiro atoms. The predicted molar refractivity (Wildman–Crippen MR) is 128 cm³/mol. The first-order chi connectivity index (χ1) is 14.2. The maximum absolute atomic E-state index is 13.6. The lowest BCUT2D eigenvalue weighted by atomic mass is 9.96. The van der Waals surface area contributed by atoms with Crippen molar-refractivity contribution >= 4 is 29.0 Å². The van der Waals surface area contributed by atoms with Crippen LogP contribution in [0, 0.1) is 5.92 Å². The zero-order valence-corrected chi connectivity index (χ0v) is 18.5. The van der Waals surface area contributed by atoms with Gasteiger partial charge in [0.05, 0.1) is 0 Å². The Kier molecular flexibility index (Phi) is 7.78. The summed E-state index contributed by atoms with van der Waals surface area (Å²) < 4.78 is 0. The number of carbonyl (C=O) groups is 1. The average molecular weight is 404 g/mol. The van der Waals surface area contributed by atoms with E-state index in [4.69, 9.17) is 0 Å². The van der Waals surface area contributed by atoms with Crippen LogP contribution in [0.3, 0.4) is 0 Å². The van der Waals surface area contributed by atoms with Crippen molar-refractivity contribution in [3.8, 4) is 0 Å².